The van der Waals surface area contributed by atoms with Gasteiger partial charge in [-0.1, -0.05) is 72.8 Å². The summed E-state index contributed by atoms with van der Waals surface area (Å²) >= 11 is 2.18. The molecule has 0 atom stereocenters. The number of rotatable bonds is 10. The summed E-state index contributed by atoms with van der Waals surface area (Å²) in [6.07, 6.45) is 1.93. The van der Waals surface area contributed by atoms with Gasteiger partial charge in [-0.25, -0.2) is 0 Å². The SMILES string of the molecule is [2H]c1c([2H])c([2H])c(-c2cc(-n3c4ccccc4c4ccccc43)cc(-c3c([2H])c([2H])c([2H])c([2H])c3[2H])c2-n2[c](=[Pt])n(-c3[c-]c(Oc4[c-]c5c(cc4)c4ccccc4n5-c4cc(-c5ccccc5)c(-c5ccccc5)cn4)ccc3)c3ccccc32)c([2H])c1[2H]. The molecule has 11 aromatic carbocycles. The zero-order valence-corrected chi connectivity index (χ0v) is 43.9. The summed E-state index contributed by atoms with van der Waals surface area (Å²) in [6, 6.07) is 68.7. The normalized spacial score (nSPS) is 13.4. The van der Waals surface area contributed by atoms with Crippen LogP contribution in [0.2, 0.25) is 0 Å². The van der Waals surface area contributed by atoms with Crippen molar-refractivity contribution in [3.8, 4) is 78.9 Å². The van der Waals surface area contributed by atoms with Crippen LogP contribution in [0.5, 0.6) is 11.5 Å². The van der Waals surface area contributed by atoms with Gasteiger partial charge in [-0.05, 0) is 16.7 Å². The van der Waals surface area contributed by atoms with Crippen molar-refractivity contribution in [3.05, 3.63) is 289 Å². The Bertz CT molecular complexity index is 5320. The monoisotopic (exact) mass is 1200 g/mol. The van der Waals surface area contributed by atoms with Crippen molar-refractivity contribution in [1.82, 2.24) is 23.3 Å². The van der Waals surface area contributed by atoms with Gasteiger partial charge >= 0.3 is 382 Å². The van der Waals surface area contributed by atoms with E-state index in [0.717, 1.165) is 65.9 Å². The molecule has 376 valence electrons. The zero-order chi connectivity index (χ0) is 61.1. The third kappa shape index (κ3) is 7.91. The Labute approximate surface area is 481 Å². The fourth-order valence-electron chi connectivity index (χ4n) is 11.1. The Hall–Kier alpha value is -9.87. The number of pyridine rings is 1. The minimum atomic E-state index is -0.588. The third-order valence-electron chi connectivity index (χ3n) is 14.5. The van der Waals surface area contributed by atoms with Gasteiger partial charge in [-0.3, -0.25) is 0 Å². The summed E-state index contributed by atoms with van der Waals surface area (Å²) in [6.45, 7) is 0. The number of benzene rings is 11. The molecular weight excluding hydrogens is 1150 g/mol. The molecule has 4 aromatic heterocycles. The van der Waals surface area contributed by atoms with Gasteiger partial charge in [-0.15, -0.1) is 0 Å². The fraction of sp³-hybridized carbons (Fsp3) is 0. The van der Waals surface area contributed by atoms with Crippen LogP contribution in [0, 0.1) is 15.9 Å². The van der Waals surface area contributed by atoms with E-state index in [2.05, 4.69) is 78.5 Å². The number of fused-ring (bicyclic) bond motifs is 7. The third-order valence-corrected chi connectivity index (χ3v) is 15.5. The minimum absolute atomic E-state index is 0.136. The van der Waals surface area contributed by atoms with E-state index in [0.29, 0.717) is 43.5 Å². The number of nitrogens with zero attached hydrogens (tertiary/aromatic N) is 5. The Morgan fingerprint density at radius 1 is 0.392 bits per heavy atom. The zero-order valence-electron chi connectivity index (χ0n) is 51.7. The first-order valence-corrected chi connectivity index (χ1v) is 26.7. The Morgan fingerprint density at radius 3 is 1.51 bits per heavy atom. The van der Waals surface area contributed by atoms with E-state index in [1.54, 1.807) is 18.2 Å². The van der Waals surface area contributed by atoms with Crippen molar-refractivity contribution in [2.75, 3.05) is 0 Å². The molecule has 15 aromatic rings. The van der Waals surface area contributed by atoms with Gasteiger partial charge in [-0.2, -0.15) is 0 Å². The molecule has 15 rings (SSSR count). The van der Waals surface area contributed by atoms with Crippen LogP contribution in [0.25, 0.3) is 122 Å². The molecule has 0 unspecified atom stereocenters. The van der Waals surface area contributed by atoms with Crippen LogP contribution < -0.4 is 4.74 Å². The molecule has 0 fully saturated rings. The molecule has 0 aliphatic rings. The van der Waals surface area contributed by atoms with Crippen molar-refractivity contribution >= 4 is 54.6 Å². The molecular formula is C72H45N5OPt-2. The molecule has 0 N–H and O–H groups in total. The van der Waals surface area contributed by atoms with E-state index in [1.165, 1.54) is 0 Å². The van der Waals surface area contributed by atoms with Gasteiger partial charge in [0.15, 0.2) is 0 Å². The van der Waals surface area contributed by atoms with Gasteiger partial charge in [0.05, 0.1) is 0 Å². The van der Waals surface area contributed by atoms with Gasteiger partial charge in [0.25, 0.3) is 0 Å². The van der Waals surface area contributed by atoms with Crippen LogP contribution in [0.4, 0.5) is 0 Å². The van der Waals surface area contributed by atoms with Crippen LogP contribution in [0.1, 0.15) is 13.7 Å². The van der Waals surface area contributed by atoms with E-state index < -0.39 is 60.4 Å². The standard InChI is InChI=1S/C72H45N5O.Pt/c1-5-22-49(23-6-1)61-46-71(73-47-64(61)52-28-11-4-12-29-52)77-67-37-18-15-34-59(67)60-41-40-56(45-70(60)77)78-55-31-21-30-53(42-55)74-48-75(69-39-20-19-38-68(69)74)72-62(50-24-7-2-8-25-50)43-54(44-63(72)51-26-9-3-10-27-51)76-65-35-16-13-32-57(65)58-33-14-17-36-66(58)76;/h1-41,43-44,46-47H;/q-2;/i2D,3D,7D,8D,9D,10D,24D,25D,26D,27D;. The van der Waals surface area contributed by atoms with Crippen molar-refractivity contribution in [3.63, 3.8) is 0 Å². The van der Waals surface area contributed by atoms with E-state index >= 15 is 0 Å². The van der Waals surface area contributed by atoms with Crippen molar-refractivity contribution in [2.24, 2.45) is 0 Å². The number of imidazole rings is 1. The van der Waals surface area contributed by atoms with Gasteiger partial charge in [0.2, 0.25) is 0 Å². The number of hydrogen-bond acceptors (Lipinski definition) is 2. The molecule has 0 aliphatic carbocycles. The van der Waals surface area contributed by atoms with Crippen molar-refractivity contribution in [1.29, 1.82) is 0 Å². The maximum absolute atomic E-state index is 9.59. The number of ether oxygens (including phenoxy) is 1. The molecule has 79 heavy (non-hydrogen) atoms. The van der Waals surface area contributed by atoms with Gasteiger partial charge < -0.3 is 0 Å². The quantitative estimate of drug-likeness (QED) is 0.128. The molecule has 0 amide bonds. The fourth-order valence-corrected chi connectivity index (χ4v) is 12.2. The van der Waals surface area contributed by atoms with E-state index in [9.17, 15) is 5.48 Å². The van der Waals surface area contributed by atoms with E-state index in [1.807, 2.05) is 165 Å². The Balaban J connectivity index is 0.940. The molecule has 6 nitrogen and oxygen atoms in total. The summed E-state index contributed by atoms with van der Waals surface area (Å²) in [4.78, 5) is 5.13. The molecule has 4 heterocycles. The second-order valence-corrected chi connectivity index (χ2v) is 19.9. The van der Waals surface area contributed by atoms with Gasteiger partial charge in [0.1, 0.15) is 0 Å². The molecule has 0 bridgehead atoms. The number of para-hydroxylation sites is 5. The van der Waals surface area contributed by atoms with Crippen LogP contribution in [-0.2, 0) is 19.4 Å². The Kier molecular flexibility index (Phi) is 9.04. The maximum atomic E-state index is 9.59. The van der Waals surface area contributed by atoms with Crippen molar-refractivity contribution in [2.45, 2.75) is 0 Å². The van der Waals surface area contributed by atoms with E-state index in [-0.39, 0.29) is 27.9 Å². The molecule has 0 saturated heterocycles. The first kappa shape index (κ1) is 37.0. The van der Waals surface area contributed by atoms with Crippen LogP contribution >= 0.6 is 0 Å². The number of hydrogen-bond donors (Lipinski definition) is 0. The predicted octanol–water partition coefficient (Wildman–Crippen LogP) is 18.1. The summed E-state index contributed by atoms with van der Waals surface area (Å²) in [5.41, 5.74) is 9.70. The molecule has 0 aliphatic heterocycles. The van der Waals surface area contributed by atoms with Gasteiger partial charge in [0, 0.05) is 11.8 Å². The Morgan fingerprint density at radius 2 is 0.899 bits per heavy atom. The molecule has 0 spiro atoms. The second kappa shape index (κ2) is 19.3. The van der Waals surface area contributed by atoms with Crippen LogP contribution in [-0.4, -0.2) is 23.3 Å². The molecule has 7 heteroatoms. The second-order valence-electron chi connectivity index (χ2n) is 18.9. The summed E-state index contributed by atoms with van der Waals surface area (Å²) < 4.78 is 107. The summed E-state index contributed by atoms with van der Waals surface area (Å²) in [5.74, 6) is 1.47. The van der Waals surface area contributed by atoms with Crippen molar-refractivity contribution < 1.29 is 37.8 Å². The van der Waals surface area contributed by atoms with Crippen LogP contribution in [0.15, 0.2) is 273 Å². The first-order valence-electron chi connectivity index (χ1n) is 30.5. The average Bonchev–Trinajstić information content (AvgIpc) is 1.76. The predicted molar refractivity (Wildman–Crippen MR) is 318 cm³/mol. The number of aromatic nitrogens is 5. The summed E-state index contributed by atoms with van der Waals surface area (Å²) in [5, 5.41) is 3.80. The summed E-state index contributed by atoms with van der Waals surface area (Å²) in [7, 11) is 0. The van der Waals surface area contributed by atoms with E-state index in [4.69, 9.17) is 17.9 Å². The molecule has 0 saturated carbocycles. The topological polar surface area (TPSA) is 41.8 Å². The average molecular weight is 1200 g/mol. The molecule has 0 radical (unpaired) electrons. The first-order chi connectivity index (χ1) is 43.3. The van der Waals surface area contributed by atoms with Crippen LogP contribution in [0.3, 0.4) is 0 Å².